The Labute approximate surface area is 148 Å². The van der Waals surface area contributed by atoms with Crippen LogP contribution < -0.4 is 5.32 Å². The molecule has 0 aliphatic carbocycles. The molecule has 1 aliphatic rings. The average Bonchev–Trinajstić information content (AvgIpc) is 2.53. The molecular formula is C17H15N3O4S. The number of nitrogens with zero attached hydrogens (tertiary/aromatic N) is 1. The van der Waals surface area contributed by atoms with Gasteiger partial charge in [0.25, 0.3) is 5.79 Å². The van der Waals surface area contributed by atoms with Crippen LogP contribution in [0, 0.1) is 4.77 Å². The molecule has 1 aromatic heterocycles. The number of nitrogens with one attached hydrogen (secondary N) is 2. The molecule has 25 heavy (non-hydrogen) atoms. The quantitative estimate of drug-likeness (QED) is 0.377. The van der Waals surface area contributed by atoms with E-state index in [-0.39, 0.29) is 5.57 Å². The molecule has 0 amide bonds. The Morgan fingerprint density at radius 1 is 1.12 bits per heavy atom. The van der Waals surface area contributed by atoms with Crippen LogP contribution >= 0.6 is 12.2 Å². The molecule has 0 saturated carbocycles. The predicted molar refractivity (Wildman–Crippen MR) is 92.8 cm³/mol. The monoisotopic (exact) mass is 357 g/mol. The lowest BCUT2D eigenvalue weighted by Crippen LogP contribution is -2.42. The molecule has 128 valence electrons. The summed E-state index contributed by atoms with van der Waals surface area (Å²) in [5.74, 6) is -2.71. The topological polar surface area (TPSA) is 93.3 Å². The summed E-state index contributed by atoms with van der Waals surface area (Å²) in [5, 5.41) is 2.89. The lowest BCUT2D eigenvalue weighted by atomic mass is 10.1. The Kier molecular flexibility index (Phi) is 4.37. The molecule has 0 unspecified atom stereocenters. The fourth-order valence-electron chi connectivity index (χ4n) is 2.22. The van der Waals surface area contributed by atoms with Gasteiger partial charge in [0.1, 0.15) is 0 Å². The molecule has 3 rings (SSSR count). The van der Waals surface area contributed by atoms with E-state index in [1.807, 2.05) is 18.2 Å². The molecule has 0 atom stereocenters. The van der Waals surface area contributed by atoms with E-state index in [0.29, 0.717) is 10.5 Å². The number of H-pyrrole nitrogens is 1. The van der Waals surface area contributed by atoms with Crippen molar-refractivity contribution in [3.8, 4) is 11.3 Å². The maximum Gasteiger partial charge on any atom is 0.350 e. The molecule has 0 radical (unpaired) electrons. The number of esters is 2. The second-order valence-electron chi connectivity index (χ2n) is 5.75. The van der Waals surface area contributed by atoms with Gasteiger partial charge in [0.2, 0.25) is 0 Å². The SMILES string of the molecule is CC1(C)OC(=O)C(=CNc2ccc(-c3ccnc(=S)[nH]3)cc2)C(=O)O1. The number of carbonyl (C=O) groups is 2. The maximum absolute atomic E-state index is 11.9. The lowest BCUT2D eigenvalue weighted by molar-refractivity contribution is -0.222. The molecule has 2 aromatic rings. The highest BCUT2D eigenvalue weighted by atomic mass is 32.1. The van der Waals surface area contributed by atoms with Gasteiger partial charge >= 0.3 is 11.9 Å². The number of anilines is 1. The van der Waals surface area contributed by atoms with E-state index in [9.17, 15) is 9.59 Å². The van der Waals surface area contributed by atoms with Crippen molar-refractivity contribution in [3.05, 3.63) is 53.1 Å². The summed E-state index contributed by atoms with van der Waals surface area (Å²) in [4.78, 5) is 30.7. The van der Waals surface area contributed by atoms with Crippen molar-refractivity contribution < 1.29 is 19.1 Å². The zero-order valence-corrected chi connectivity index (χ0v) is 14.3. The molecule has 1 aliphatic heterocycles. The minimum atomic E-state index is -1.25. The first-order valence-electron chi connectivity index (χ1n) is 7.43. The third kappa shape index (κ3) is 3.92. The van der Waals surface area contributed by atoms with Gasteiger partial charge in [-0.05, 0) is 36.0 Å². The van der Waals surface area contributed by atoms with Gasteiger partial charge in [-0.3, -0.25) is 0 Å². The Hall–Kier alpha value is -3.00. The van der Waals surface area contributed by atoms with Gasteiger partial charge < -0.3 is 19.8 Å². The van der Waals surface area contributed by atoms with Crippen molar-refractivity contribution >= 4 is 29.8 Å². The molecule has 0 bridgehead atoms. The van der Waals surface area contributed by atoms with E-state index >= 15 is 0 Å². The van der Waals surface area contributed by atoms with Gasteiger partial charge in [0, 0.05) is 37.6 Å². The summed E-state index contributed by atoms with van der Waals surface area (Å²) in [6.45, 7) is 2.99. The lowest BCUT2D eigenvalue weighted by Gasteiger charge is -2.29. The first-order valence-corrected chi connectivity index (χ1v) is 7.84. The van der Waals surface area contributed by atoms with E-state index in [0.717, 1.165) is 11.3 Å². The smallest absolute Gasteiger partial charge is 0.350 e. The third-order valence-corrected chi connectivity index (χ3v) is 3.58. The van der Waals surface area contributed by atoms with Gasteiger partial charge in [0.15, 0.2) is 10.3 Å². The van der Waals surface area contributed by atoms with Crippen LogP contribution in [-0.4, -0.2) is 27.7 Å². The van der Waals surface area contributed by atoms with E-state index in [4.69, 9.17) is 21.7 Å². The zero-order valence-electron chi connectivity index (χ0n) is 13.5. The van der Waals surface area contributed by atoms with Crippen LogP contribution in [0.15, 0.2) is 48.3 Å². The average molecular weight is 357 g/mol. The number of ether oxygens (including phenoxy) is 2. The van der Waals surface area contributed by atoms with Crippen molar-refractivity contribution in [2.75, 3.05) is 5.32 Å². The van der Waals surface area contributed by atoms with Crippen molar-refractivity contribution in [1.82, 2.24) is 9.97 Å². The largest absolute Gasteiger partial charge is 0.419 e. The number of hydrogen-bond donors (Lipinski definition) is 2. The molecule has 1 fully saturated rings. The summed E-state index contributed by atoms with van der Waals surface area (Å²) in [5.41, 5.74) is 2.26. The van der Waals surface area contributed by atoms with Crippen LogP contribution in [0.5, 0.6) is 0 Å². The highest BCUT2D eigenvalue weighted by Crippen LogP contribution is 2.23. The minimum Gasteiger partial charge on any atom is -0.419 e. The van der Waals surface area contributed by atoms with Gasteiger partial charge in [-0.25, -0.2) is 14.6 Å². The van der Waals surface area contributed by atoms with E-state index < -0.39 is 17.7 Å². The molecule has 0 spiro atoms. The first kappa shape index (κ1) is 16.8. The number of aromatic amines is 1. The zero-order chi connectivity index (χ0) is 18.0. The molecule has 2 N–H and O–H groups in total. The maximum atomic E-state index is 11.9. The summed E-state index contributed by atoms with van der Waals surface area (Å²) in [7, 11) is 0. The number of carbonyl (C=O) groups excluding carboxylic acids is 2. The fraction of sp³-hybridized carbons (Fsp3) is 0.176. The first-order chi connectivity index (χ1) is 11.8. The normalized spacial score (nSPS) is 16.0. The van der Waals surface area contributed by atoms with Crippen LogP contribution in [-0.2, 0) is 19.1 Å². The number of aromatic nitrogens is 2. The fourth-order valence-corrected chi connectivity index (χ4v) is 2.39. The Bertz CT molecular complexity index is 894. The van der Waals surface area contributed by atoms with Crippen LogP contribution in [0.2, 0.25) is 0 Å². The highest BCUT2D eigenvalue weighted by molar-refractivity contribution is 7.71. The van der Waals surface area contributed by atoms with Crippen LogP contribution in [0.1, 0.15) is 13.8 Å². The van der Waals surface area contributed by atoms with Crippen molar-refractivity contribution in [1.29, 1.82) is 0 Å². The van der Waals surface area contributed by atoms with Gasteiger partial charge in [-0.2, -0.15) is 0 Å². The summed E-state index contributed by atoms with van der Waals surface area (Å²) in [6, 6.07) is 9.14. The van der Waals surface area contributed by atoms with Crippen molar-refractivity contribution in [3.63, 3.8) is 0 Å². The number of rotatable bonds is 3. The molecule has 7 nitrogen and oxygen atoms in total. The van der Waals surface area contributed by atoms with Gasteiger partial charge in [0.05, 0.1) is 0 Å². The molecule has 1 aromatic carbocycles. The summed E-state index contributed by atoms with van der Waals surface area (Å²) in [6.07, 6.45) is 2.90. The highest BCUT2D eigenvalue weighted by Gasteiger charge is 2.38. The number of cyclic esters (lactones) is 2. The van der Waals surface area contributed by atoms with Gasteiger partial charge in [-0.1, -0.05) is 12.1 Å². The second-order valence-corrected chi connectivity index (χ2v) is 6.13. The standard InChI is InChI=1S/C17H15N3O4S/c1-17(2)23-14(21)12(15(22)24-17)9-19-11-5-3-10(4-6-11)13-7-8-18-16(25)20-13/h3-9,19H,1-2H3,(H,18,20,25). The Morgan fingerprint density at radius 2 is 1.76 bits per heavy atom. The summed E-state index contributed by atoms with van der Waals surface area (Å²) >= 11 is 5.00. The van der Waals surface area contributed by atoms with E-state index in [1.165, 1.54) is 20.0 Å². The molecule has 1 saturated heterocycles. The van der Waals surface area contributed by atoms with E-state index in [1.54, 1.807) is 18.3 Å². The Morgan fingerprint density at radius 3 is 2.36 bits per heavy atom. The number of benzene rings is 1. The van der Waals surface area contributed by atoms with Crippen molar-refractivity contribution in [2.45, 2.75) is 19.6 Å². The summed E-state index contributed by atoms with van der Waals surface area (Å²) < 4.78 is 10.5. The molecular weight excluding hydrogens is 342 g/mol. The number of hydrogen-bond acceptors (Lipinski definition) is 7. The Balaban J connectivity index is 1.75. The van der Waals surface area contributed by atoms with E-state index in [2.05, 4.69) is 15.3 Å². The van der Waals surface area contributed by atoms with Crippen LogP contribution in [0.25, 0.3) is 11.3 Å². The van der Waals surface area contributed by atoms with Crippen LogP contribution in [0.3, 0.4) is 0 Å². The van der Waals surface area contributed by atoms with Crippen LogP contribution in [0.4, 0.5) is 5.69 Å². The predicted octanol–water partition coefficient (Wildman–Crippen LogP) is 2.94. The second kappa shape index (κ2) is 6.48. The van der Waals surface area contributed by atoms with Crippen molar-refractivity contribution in [2.24, 2.45) is 0 Å². The third-order valence-electron chi connectivity index (χ3n) is 3.37. The van der Waals surface area contributed by atoms with Gasteiger partial charge in [-0.15, -0.1) is 0 Å². The molecule has 8 heteroatoms. The molecule has 2 heterocycles. The minimum absolute atomic E-state index is 0.193.